The van der Waals surface area contributed by atoms with Crippen LogP contribution in [0.1, 0.15) is 24.0 Å². The van der Waals surface area contributed by atoms with E-state index < -0.39 is 34.3 Å². The third kappa shape index (κ3) is 6.40. The smallest absolute Gasteiger partial charge is 0.303 e. The van der Waals surface area contributed by atoms with Crippen LogP contribution >= 0.6 is 11.8 Å². The van der Waals surface area contributed by atoms with E-state index in [4.69, 9.17) is 14.6 Å². The number of rotatable bonds is 10. The molecule has 0 atom stereocenters. The molecule has 0 unspecified atom stereocenters. The molecule has 10 heteroatoms. The lowest BCUT2D eigenvalue weighted by Crippen LogP contribution is -2.04. The summed E-state index contributed by atoms with van der Waals surface area (Å²) in [5, 5.41) is 17.9. The number of nitrogens with zero attached hydrogens (tertiary/aromatic N) is 2. The van der Waals surface area contributed by atoms with Gasteiger partial charge in [0, 0.05) is 12.5 Å². The van der Waals surface area contributed by atoms with E-state index >= 15 is 0 Å². The summed E-state index contributed by atoms with van der Waals surface area (Å²) in [4.78, 5) is 13.1. The second-order valence-electron chi connectivity index (χ2n) is 6.66. The first-order valence-corrected chi connectivity index (χ1v) is 10.7. The molecule has 1 N–H and O–H groups in total. The lowest BCUT2D eigenvalue weighted by Gasteiger charge is -2.14. The van der Waals surface area contributed by atoms with Crippen LogP contribution in [0.3, 0.4) is 0 Å². The number of hydrogen-bond donors (Lipinski definition) is 1. The van der Waals surface area contributed by atoms with Gasteiger partial charge in [0.2, 0.25) is 5.82 Å². The molecule has 3 rings (SSSR count). The Morgan fingerprint density at radius 1 is 1.09 bits per heavy atom. The van der Waals surface area contributed by atoms with Crippen LogP contribution in [0, 0.1) is 28.9 Å². The third-order valence-electron chi connectivity index (χ3n) is 4.27. The van der Waals surface area contributed by atoms with Crippen LogP contribution in [0.25, 0.3) is 0 Å². The van der Waals surface area contributed by atoms with Crippen LogP contribution in [0.4, 0.5) is 13.2 Å². The molecular weight excluding hydrogens is 457 g/mol. The van der Waals surface area contributed by atoms with E-state index in [1.807, 2.05) is 36.4 Å². The van der Waals surface area contributed by atoms with E-state index in [0.29, 0.717) is 11.8 Å². The highest BCUT2D eigenvalue weighted by atomic mass is 32.2. The molecule has 0 aliphatic rings. The van der Waals surface area contributed by atoms with E-state index in [0.717, 1.165) is 5.56 Å². The Morgan fingerprint density at radius 2 is 1.85 bits per heavy atom. The maximum atomic E-state index is 14.9. The molecule has 1 aromatic heterocycles. The maximum Gasteiger partial charge on any atom is 0.303 e. The summed E-state index contributed by atoms with van der Waals surface area (Å²) >= 11 is 0.617. The summed E-state index contributed by atoms with van der Waals surface area (Å²) < 4.78 is 54.2. The molecule has 0 radical (unpaired) electrons. The highest BCUT2D eigenvalue weighted by Crippen LogP contribution is 2.37. The van der Waals surface area contributed by atoms with Crippen molar-refractivity contribution >= 4 is 17.7 Å². The number of ether oxygens (including phenoxy) is 2. The number of pyridine rings is 1. The van der Waals surface area contributed by atoms with Crippen LogP contribution < -0.4 is 9.47 Å². The molecule has 2 aromatic carbocycles. The molecule has 6 nitrogen and oxygen atoms in total. The topological polar surface area (TPSA) is 92.4 Å². The maximum absolute atomic E-state index is 14.9. The quantitative estimate of drug-likeness (QED) is 0.229. The van der Waals surface area contributed by atoms with E-state index in [9.17, 15) is 23.2 Å². The van der Waals surface area contributed by atoms with Crippen LogP contribution in [-0.2, 0) is 11.4 Å². The second-order valence-corrected chi connectivity index (χ2v) is 7.77. The SMILES string of the molecule is N#Cc1ccc(OCc2ccccc2)c(Oc2nc(F)c(F)c(SCCCC(=O)O)c2F)c1. The zero-order valence-corrected chi connectivity index (χ0v) is 17.9. The van der Waals surface area contributed by atoms with Crippen molar-refractivity contribution in [2.24, 2.45) is 0 Å². The van der Waals surface area contributed by atoms with Crippen molar-refractivity contribution in [3.8, 4) is 23.4 Å². The predicted molar refractivity (Wildman–Crippen MR) is 114 cm³/mol. The summed E-state index contributed by atoms with van der Waals surface area (Å²) in [6, 6.07) is 15.2. The first kappa shape index (κ1) is 23.9. The number of carboxylic acid groups (broad SMARTS) is 1. The molecule has 33 heavy (non-hydrogen) atoms. The van der Waals surface area contributed by atoms with Crippen molar-refractivity contribution in [1.29, 1.82) is 5.26 Å². The fraction of sp³-hybridized carbons (Fsp3) is 0.174. The van der Waals surface area contributed by atoms with Crippen molar-refractivity contribution < 1.29 is 32.5 Å². The number of hydrogen-bond acceptors (Lipinski definition) is 6. The van der Waals surface area contributed by atoms with Gasteiger partial charge in [-0.15, -0.1) is 11.8 Å². The highest BCUT2D eigenvalue weighted by molar-refractivity contribution is 7.99. The number of benzene rings is 2. The molecule has 1 heterocycles. The fourth-order valence-electron chi connectivity index (χ4n) is 2.68. The van der Waals surface area contributed by atoms with Crippen LogP contribution in [0.5, 0.6) is 17.4 Å². The highest BCUT2D eigenvalue weighted by Gasteiger charge is 2.23. The average Bonchev–Trinajstić information content (AvgIpc) is 2.81. The van der Waals surface area contributed by atoms with Gasteiger partial charge in [0.1, 0.15) is 6.61 Å². The Kier molecular flexibility index (Phi) is 8.16. The predicted octanol–water partition coefficient (Wildman–Crippen LogP) is 5.70. The van der Waals surface area contributed by atoms with Crippen LogP contribution in [0.2, 0.25) is 0 Å². The molecule has 0 bridgehead atoms. The van der Waals surface area contributed by atoms with E-state index in [1.54, 1.807) is 0 Å². The molecule has 0 aliphatic heterocycles. The molecule has 0 spiro atoms. The zero-order chi connectivity index (χ0) is 23.8. The monoisotopic (exact) mass is 474 g/mol. The summed E-state index contributed by atoms with van der Waals surface area (Å²) in [6.45, 7) is 0.140. The van der Waals surface area contributed by atoms with Gasteiger partial charge in [-0.3, -0.25) is 4.79 Å². The standard InChI is InChI=1S/C23H17F3N2O4S/c24-19-21(33-10-4-7-18(29)30)20(25)23(28-22(19)26)32-17-11-15(12-27)8-9-16(17)31-13-14-5-2-1-3-6-14/h1-3,5-6,8-9,11H,4,7,10,13H2,(H,29,30). The van der Waals surface area contributed by atoms with E-state index in [-0.39, 0.29) is 42.3 Å². The minimum atomic E-state index is -1.57. The Labute approximate surface area is 191 Å². The van der Waals surface area contributed by atoms with Crippen molar-refractivity contribution in [2.45, 2.75) is 24.3 Å². The van der Waals surface area contributed by atoms with Crippen LogP contribution in [-0.4, -0.2) is 21.8 Å². The number of aromatic nitrogens is 1. The average molecular weight is 474 g/mol. The lowest BCUT2D eigenvalue weighted by molar-refractivity contribution is -0.137. The molecule has 0 saturated carbocycles. The minimum Gasteiger partial charge on any atom is -0.485 e. The van der Waals surface area contributed by atoms with Crippen molar-refractivity contribution in [3.63, 3.8) is 0 Å². The fourth-order valence-corrected chi connectivity index (χ4v) is 3.60. The molecule has 0 aliphatic carbocycles. The Balaban J connectivity index is 1.86. The van der Waals surface area contributed by atoms with Gasteiger partial charge in [0.05, 0.1) is 16.5 Å². The summed E-state index contributed by atoms with van der Waals surface area (Å²) in [5.74, 6) is -6.13. The summed E-state index contributed by atoms with van der Waals surface area (Å²) in [5.41, 5.74) is 1.01. The number of thioether (sulfide) groups is 1. The third-order valence-corrected chi connectivity index (χ3v) is 5.41. The molecule has 0 fully saturated rings. The Morgan fingerprint density at radius 3 is 2.55 bits per heavy atom. The van der Waals surface area contributed by atoms with Crippen molar-refractivity contribution in [1.82, 2.24) is 4.98 Å². The van der Waals surface area contributed by atoms with Crippen LogP contribution in [0.15, 0.2) is 53.4 Å². The van der Waals surface area contributed by atoms with Crippen molar-refractivity contribution in [2.75, 3.05) is 5.75 Å². The van der Waals surface area contributed by atoms with Gasteiger partial charge in [-0.2, -0.15) is 19.0 Å². The van der Waals surface area contributed by atoms with Gasteiger partial charge >= 0.3 is 5.97 Å². The Bertz CT molecular complexity index is 1190. The van der Waals surface area contributed by atoms with Crippen molar-refractivity contribution in [3.05, 3.63) is 77.2 Å². The first-order chi connectivity index (χ1) is 15.9. The molecule has 0 saturated heterocycles. The first-order valence-electron chi connectivity index (χ1n) is 9.67. The second kappa shape index (κ2) is 11.2. The lowest BCUT2D eigenvalue weighted by atomic mass is 10.2. The Hall–Kier alpha value is -3.71. The summed E-state index contributed by atoms with van der Waals surface area (Å²) in [7, 11) is 0. The van der Waals surface area contributed by atoms with Gasteiger partial charge in [-0.25, -0.2) is 4.39 Å². The zero-order valence-electron chi connectivity index (χ0n) is 17.1. The minimum absolute atomic E-state index is 0.0401. The normalized spacial score (nSPS) is 10.5. The van der Waals surface area contributed by atoms with Gasteiger partial charge in [0.25, 0.3) is 11.8 Å². The molecule has 3 aromatic rings. The van der Waals surface area contributed by atoms with E-state index in [2.05, 4.69) is 4.98 Å². The number of carbonyl (C=O) groups is 1. The number of halogens is 3. The van der Waals surface area contributed by atoms with Gasteiger partial charge < -0.3 is 14.6 Å². The number of carboxylic acids is 1. The van der Waals surface area contributed by atoms with Gasteiger partial charge in [0.15, 0.2) is 17.3 Å². The van der Waals surface area contributed by atoms with Gasteiger partial charge in [-0.05, 0) is 29.9 Å². The largest absolute Gasteiger partial charge is 0.485 e. The summed E-state index contributed by atoms with van der Waals surface area (Å²) in [6.07, 6.45) is -0.0725. The molecule has 0 amide bonds. The number of aliphatic carboxylic acids is 1. The van der Waals surface area contributed by atoms with E-state index in [1.165, 1.54) is 18.2 Å². The number of nitriles is 1. The molecule has 170 valence electrons. The molecular formula is C23H17F3N2O4S. The van der Waals surface area contributed by atoms with Gasteiger partial charge in [-0.1, -0.05) is 30.3 Å².